The van der Waals surface area contributed by atoms with E-state index in [2.05, 4.69) is 16.3 Å². The highest BCUT2D eigenvalue weighted by Crippen LogP contribution is 2.38. The van der Waals surface area contributed by atoms with Crippen molar-refractivity contribution in [3.05, 3.63) is 72.8 Å². The van der Waals surface area contributed by atoms with Crippen molar-refractivity contribution in [2.45, 2.75) is 38.5 Å². The number of fused-ring (bicyclic) bond motifs is 1. The number of nitrogens with zero attached hydrogens (tertiary/aromatic N) is 3. The molecule has 1 saturated carbocycles. The van der Waals surface area contributed by atoms with E-state index in [0.717, 1.165) is 40.0 Å². The monoisotopic (exact) mass is 398 g/mol. The molecule has 0 amide bonds. The highest BCUT2D eigenvalue weighted by molar-refractivity contribution is 5.85. The lowest BCUT2D eigenvalue weighted by atomic mass is 9.82. The summed E-state index contributed by atoms with van der Waals surface area (Å²) in [6.07, 6.45) is 8.60. The van der Waals surface area contributed by atoms with Gasteiger partial charge in [0.1, 0.15) is 34.4 Å². The molecule has 2 N–H and O–H groups in total. The lowest BCUT2D eigenvalue weighted by Gasteiger charge is -2.25. The number of anilines is 1. The Labute approximate surface area is 176 Å². The summed E-state index contributed by atoms with van der Waals surface area (Å²) in [4.78, 5) is 9.41. The molecule has 2 aromatic carbocycles. The zero-order chi connectivity index (χ0) is 20.5. The van der Waals surface area contributed by atoms with Crippen LogP contribution in [-0.2, 0) is 0 Å². The van der Waals surface area contributed by atoms with Crippen LogP contribution >= 0.6 is 0 Å². The number of hydrogen-bond acceptors (Lipinski definition) is 4. The van der Waals surface area contributed by atoms with Crippen LogP contribution < -0.4 is 10.5 Å². The number of nitrogen functional groups attached to an aromatic ring is 1. The molecular weight excluding hydrogens is 372 g/mol. The molecule has 0 radical (unpaired) electrons. The topological polar surface area (TPSA) is 65.4 Å². The fourth-order valence-corrected chi connectivity index (χ4v) is 4.40. The van der Waals surface area contributed by atoms with Gasteiger partial charge in [0.05, 0.1) is 0 Å². The first kappa shape index (κ1) is 18.7. The van der Waals surface area contributed by atoms with Crippen molar-refractivity contribution in [1.82, 2.24) is 14.4 Å². The Morgan fingerprint density at radius 1 is 0.933 bits per heavy atom. The molecule has 5 rings (SSSR count). The predicted octanol–water partition coefficient (Wildman–Crippen LogP) is 6.06. The zero-order valence-electron chi connectivity index (χ0n) is 17.2. The number of nitrogens with two attached hydrogens (primary N) is 1. The number of hydrogen-bond donors (Lipinski definition) is 1. The van der Waals surface area contributed by atoms with E-state index in [-0.39, 0.29) is 0 Å². The summed E-state index contributed by atoms with van der Waals surface area (Å²) >= 11 is 0. The molecule has 2 aromatic heterocycles. The van der Waals surface area contributed by atoms with E-state index in [0.29, 0.717) is 11.7 Å². The quantitative estimate of drug-likeness (QED) is 0.453. The lowest BCUT2D eigenvalue weighted by molar-refractivity contribution is 0.339. The van der Waals surface area contributed by atoms with Crippen molar-refractivity contribution in [3.8, 4) is 22.8 Å². The van der Waals surface area contributed by atoms with Gasteiger partial charge in [-0.1, -0.05) is 38.0 Å². The number of para-hydroxylation sites is 1. The maximum atomic E-state index is 6.29. The third kappa shape index (κ3) is 3.52. The van der Waals surface area contributed by atoms with Gasteiger partial charge >= 0.3 is 0 Å². The Hall–Kier alpha value is -3.34. The van der Waals surface area contributed by atoms with Crippen LogP contribution in [0, 0.1) is 5.92 Å². The molecule has 1 aliphatic rings. The third-order valence-electron chi connectivity index (χ3n) is 6.10. The van der Waals surface area contributed by atoms with Gasteiger partial charge in [0.25, 0.3) is 0 Å². The molecule has 5 heteroatoms. The maximum Gasteiger partial charge on any atom is 0.150 e. The Kier molecular flexibility index (Phi) is 4.87. The van der Waals surface area contributed by atoms with E-state index >= 15 is 0 Å². The van der Waals surface area contributed by atoms with Gasteiger partial charge in [-0.2, -0.15) is 0 Å². The van der Waals surface area contributed by atoms with Gasteiger partial charge < -0.3 is 10.5 Å². The van der Waals surface area contributed by atoms with E-state index in [1.807, 2.05) is 60.8 Å². The smallest absolute Gasteiger partial charge is 0.150 e. The second-order valence-electron chi connectivity index (χ2n) is 8.25. The molecule has 152 valence electrons. The van der Waals surface area contributed by atoms with Gasteiger partial charge in [0, 0.05) is 23.9 Å². The van der Waals surface area contributed by atoms with Crippen molar-refractivity contribution >= 4 is 11.3 Å². The standard InChI is InChI=1S/C25H26N4O/c1-17-7-9-19(10-8-17)25-28-22(23-24(26)27-15-16-29(23)25)18-11-13-21(14-12-18)30-20-5-3-2-4-6-20/h2-6,11-17,19H,7-10H2,1H3,(H2,26,27). The lowest BCUT2D eigenvalue weighted by Crippen LogP contribution is -2.13. The van der Waals surface area contributed by atoms with Crippen LogP contribution in [0.25, 0.3) is 16.8 Å². The summed E-state index contributed by atoms with van der Waals surface area (Å²) in [6.45, 7) is 2.34. The first-order chi connectivity index (χ1) is 14.7. The van der Waals surface area contributed by atoms with Gasteiger partial charge in [-0.15, -0.1) is 0 Å². The molecule has 5 nitrogen and oxygen atoms in total. The second kappa shape index (κ2) is 7.82. The minimum atomic E-state index is 0.463. The van der Waals surface area contributed by atoms with Crippen molar-refractivity contribution < 1.29 is 4.74 Å². The van der Waals surface area contributed by atoms with Gasteiger partial charge in [-0.05, 0) is 55.2 Å². The Balaban J connectivity index is 1.51. The zero-order valence-corrected chi connectivity index (χ0v) is 17.2. The highest BCUT2D eigenvalue weighted by Gasteiger charge is 2.26. The molecule has 4 aromatic rings. The summed E-state index contributed by atoms with van der Waals surface area (Å²) in [5.41, 5.74) is 9.09. The predicted molar refractivity (Wildman–Crippen MR) is 120 cm³/mol. The Bertz CT molecular complexity index is 1140. The molecule has 0 unspecified atom stereocenters. The summed E-state index contributed by atoms with van der Waals surface area (Å²) in [7, 11) is 0. The number of benzene rings is 2. The largest absolute Gasteiger partial charge is 0.457 e. The minimum Gasteiger partial charge on any atom is -0.457 e. The van der Waals surface area contributed by atoms with Crippen LogP contribution in [0.15, 0.2) is 67.0 Å². The molecule has 1 fully saturated rings. The van der Waals surface area contributed by atoms with E-state index in [1.54, 1.807) is 6.20 Å². The van der Waals surface area contributed by atoms with Gasteiger partial charge in [0.15, 0.2) is 0 Å². The van der Waals surface area contributed by atoms with Crippen molar-refractivity contribution in [2.75, 3.05) is 5.73 Å². The molecule has 2 heterocycles. The molecule has 0 bridgehead atoms. The first-order valence-electron chi connectivity index (χ1n) is 10.6. The van der Waals surface area contributed by atoms with Crippen LogP contribution in [0.1, 0.15) is 44.3 Å². The van der Waals surface area contributed by atoms with Crippen molar-refractivity contribution in [1.29, 1.82) is 0 Å². The van der Waals surface area contributed by atoms with Gasteiger partial charge in [-0.3, -0.25) is 4.40 Å². The summed E-state index contributed by atoms with van der Waals surface area (Å²) in [5, 5.41) is 0. The molecule has 30 heavy (non-hydrogen) atoms. The van der Waals surface area contributed by atoms with Crippen LogP contribution in [-0.4, -0.2) is 14.4 Å². The van der Waals surface area contributed by atoms with E-state index in [4.69, 9.17) is 15.5 Å². The normalized spacial score (nSPS) is 19.1. The fraction of sp³-hybridized carbons (Fsp3) is 0.280. The van der Waals surface area contributed by atoms with Crippen LogP contribution in [0.4, 0.5) is 5.82 Å². The number of imidazole rings is 1. The van der Waals surface area contributed by atoms with Gasteiger partial charge in [-0.25, -0.2) is 9.97 Å². The summed E-state index contributed by atoms with van der Waals surface area (Å²) in [5.74, 6) is 4.49. The van der Waals surface area contributed by atoms with Crippen molar-refractivity contribution in [2.24, 2.45) is 5.92 Å². The van der Waals surface area contributed by atoms with Gasteiger partial charge in [0.2, 0.25) is 0 Å². The average molecular weight is 399 g/mol. The number of aromatic nitrogens is 3. The fourth-order valence-electron chi connectivity index (χ4n) is 4.40. The first-order valence-corrected chi connectivity index (χ1v) is 10.6. The third-order valence-corrected chi connectivity index (χ3v) is 6.10. The van der Waals surface area contributed by atoms with Crippen LogP contribution in [0.3, 0.4) is 0 Å². The molecule has 1 aliphatic carbocycles. The number of rotatable bonds is 4. The Morgan fingerprint density at radius 2 is 1.63 bits per heavy atom. The molecule has 0 spiro atoms. The highest BCUT2D eigenvalue weighted by atomic mass is 16.5. The van der Waals surface area contributed by atoms with E-state index in [9.17, 15) is 0 Å². The molecule has 0 atom stereocenters. The minimum absolute atomic E-state index is 0.463. The van der Waals surface area contributed by atoms with Crippen LogP contribution in [0.2, 0.25) is 0 Å². The maximum absolute atomic E-state index is 6.29. The van der Waals surface area contributed by atoms with Crippen LogP contribution in [0.5, 0.6) is 11.5 Å². The summed E-state index contributed by atoms with van der Waals surface area (Å²) in [6, 6.07) is 17.8. The second-order valence-corrected chi connectivity index (χ2v) is 8.25. The number of ether oxygens (including phenoxy) is 1. The Morgan fingerprint density at radius 3 is 2.37 bits per heavy atom. The average Bonchev–Trinajstić information content (AvgIpc) is 3.17. The van der Waals surface area contributed by atoms with Crippen molar-refractivity contribution in [3.63, 3.8) is 0 Å². The molecular formula is C25H26N4O. The van der Waals surface area contributed by atoms with E-state index < -0.39 is 0 Å². The SMILES string of the molecule is CC1CCC(c2nc(-c3ccc(Oc4ccccc4)cc3)c3c(N)nccn23)CC1. The molecule has 0 saturated heterocycles. The molecule has 0 aliphatic heterocycles. The van der Waals surface area contributed by atoms with E-state index in [1.165, 1.54) is 25.7 Å². The summed E-state index contributed by atoms with van der Waals surface area (Å²) < 4.78 is 8.07.